The second-order valence-corrected chi connectivity index (χ2v) is 4.16. The van der Waals surface area contributed by atoms with Crippen molar-refractivity contribution >= 4 is 5.82 Å². The van der Waals surface area contributed by atoms with Gasteiger partial charge in [-0.15, -0.1) is 0 Å². The largest absolute Gasteiger partial charge is 0.392 e. The highest BCUT2D eigenvalue weighted by Crippen LogP contribution is 2.28. The Bertz CT molecular complexity index is 370. The van der Waals surface area contributed by atoms with E-state index in [4.69, 9.17) is 5.11 Å². The van der Waals surface area contributed by atoms with Gasteiger partial charge >= 0.3 is 0 Å². The Morgan fingerprint density at radius 1 is 1.62 bits per heavy atom. The molecule has 0 aromatic carbocycles. The highest BCUT2D eigenvalue weighted by atomic mass is 19.1. The van der Waals surface area contributed by atoms with Crippen LogP contribution in [-0.4, -0.2) is 22.7 Å². The minimum absolute atomic E-state index is 0.272. The summed E-state index contributed by atoms with van der Waals surface area (Å²) >= 11 is 0. The van der Waals surface area contributed by atoms with Crippen LogP contribution in [-0.2, 0) is 6.61 Å². The molecule has 1 unspecified atom stereocenters. The predicted octanol–water partition coefficient (Wildman–Crippen LogP) is 2.09. The Labute approximate surface area is 94.9 Å². The lowest BCUT2D eigenvalue weighted by molar-refractivity contribution is 0.275. The molecule has 1 fully saturated rings. The smallest absolute Gasteiger partial charge is 0.171 e. The van der Waals surface area contributed by atoms with Crippen LogP contribution in [0, 0.1) is 5.82 Å². The van der Waals surface area contributed by atoms with Crippen LogP contribution >= 0.6 is 0 Å². The van der Waals surface area contributed by atoms with E-state index in [1.165, 1.54) is 6.07 Å². The fourth-order valence-corrected chi connectivity index (χ4v) is 2.33. The Balaban J connectivity index is 2.32. The lowest BCUT2D eigenvalue weighted by Crippen LogP contribution is -2.30. The topological polar surface area (TPSA) is 36.4 Å². The van der Waals surface area contributed by atoms with E-state index in [1.54, 1.807) is 6.20 Å². The number of aliphatic hydroxyl groups is 1. The van der Waals surface area contributed by atoms with Gasteiger partial charge in [0.2, 0.25) is 0 Å². The summed E-state index contributed by atoms with van der Waals surface area (Å²) in [6.07, 6.45) is 4.75. The van der Waals surface area contributed by atoms with Gasteiger partial charge in [0.05, 0.1) is 6.61 Å². The third-order valence-electron chi connectivity index (χ3n) is 3.24. The highest BCUT2D eigenvalue weighted by Gasteiger charge is 2.26. The zero-order valence-corrected chi connectivity index (χ0v) is 9.49. The summed E-state index contributed by atoms with van der Waals surface area (Å²) in [5.74, 6) is 0.0289. The van der Waals surface area contributed by atoms with Crippen molar-refractivity contribution < 1.29 is 9.50 Å². The lowest BCUT2D eigenvalue weighted by Gasteiger charge is -2.25. The lowest BCUT2D eigenvalue weighted by atomic mass is 10.1. The first-order chi connectivity index (χ1) is 7.77. The van der Waals surface area contributed by atoms with Crippen molar-refractivity contribution in [3.63, 3.8) is 0 Å². The van der Waals surface area contributed by atoms with Gasteiger partial charge in [0.15, 0.2) is 11.6 Å². The molecule has 1 saturated heterocycles. The molecule has 4 heteroatoms. The summed E-state index contributed by atoms with van der Waals surface area (Å²) in [6, 6.07) is 1.91. The Hall–Kier alpha value is -1.16. The molecule has 2 rings (SSSR count). The molecule has 1 aliphatic heterocycles. The molecule has 1 atom stereocenters. The van der Waals surface area contributed by atoms with E-state index in [0.717, 1.165) is 25.8 Å². The molecule has 88 valence electrons. The van der Waals surface area contributed by atoms with E-state index in [2.05, 4.69) is 11.9 Å². The summed E-state index contributed by atoms with van der Waals surface area (Å²) in [7, 11) is 0. The zero-order chi connectivity index (χ0) is 11.5. The van der Waals surface area contributed by atoms with Gasteiger partial charge in [0, 0.05) is 24.3 Å². The maximum Gasteiger partial charge on any atom is 0.171 e. The first-order valence-electron chi connectivity index (χ1n) is 5.78. The minimum Gasteiger partial charge on any atom is -0.392 e. The van der Waals surface area contributed by atoms with Crippen LogP contribution in [0.3, 0.4) is 0 Å². The van der Waals surface area contributed by atoms with Gasteiger partial charge in [0.1, 0.15) is 0 Å². The van der Waals surface area contributed by atoms with Crippen LogP contribution in [0.2, 0.25) is 0 Å². The van der Waals surface area contributed by atoms with Crippen molar-refractivity contribution in [3.05, 3.63) is 23.6 Å². The minimum atomic E-state index is -0.370. The number of aromatic nitrogens is 1. The van der Waals surface area contributed by atoms with Gasteiger partial charge in [-0.2, -0.15) is 0 Å². The molecule has 0 saturated carbocycles. The maximum absolute atomic E-state index is 14.0. The zero-order valence-electron chi connectivity index (χ0n) is 9.49. The fraction of sp³-hybridized carbons (Fsp3) is 0.583. The molecular weight excluding hydrogens is 207 g/mol. The number of hydrogen-bond acceptors (Lipinski definition) is 3. The highest BCUT2D eigenvalue weighted by molar-refractivity contribution is 5.45. The number of halogens is 1. The molecule has 0 amide bonds. The number of aliphatic hydroxyl groups excluding tert-OH is 1. The van der Waals surface area contributed by atoms with E-state index >= 15 is 0 Å². The third kappa shape index (κ3) is 1.89. The second kappa shape index (κ2) is 4.78. The van der Waals surface area contributed by atoms with Gasteiger partial charge in [-0.25, -0.2) is 9.37 Å². The molecule has 1 N–H and O–H groups in total. The number of rotatable bonds is 3. The van der Waals surface area contributed by atoms with Gasteiger partial charge < -0.3 is 10.0 Å². The van der Waals surface area contributed by atoms with Crippen molar-refractivity contribution in [1.82, 2.24) is 4.98 Å². The molecule has 0 radical (unpaired) electrons. The third-order valence-corrected chi connectivity index (χ3v) is 3.24. The number of hydrogen-bond donors (Lipinski definition) is 1. The van der Waals surface area contributed by atoms with Gasteiger partial charge in [-0.05, 0) is 25.3 Å². The Morgan fingerprint density at radius 3 is 3.12 bits per heavy atom. The molecule has 0 spiro atoms. The summed E-state index contributed by atoms with van der Waals surface area (Å²) in [6.45, 7) is 2.69. The Kier molecular flexibility index (Phi) is 3.39. The average Bonchev–Trinajstić information content (AvgIpc) is 2.77. The van der Waals surface area contributed by atoms with Crippen LogP contribution in [0.1, 0.15) is 31.7 Å². The monoisotopic (exact) mass is 224 g/mol. The molecule has 2 heterocycles. The normalized spacial score (nSPS) is 20.4. The van der Waals surface area contributed by atoms with Crippen LogP contribution < -0.4 is 4.90 Å². The van der Waals surface area contributed by atoms with Crippen LogP contribution in [0.5, 0.6) is 0 Å². The Morgan fingerprint density at radius 2 is 2.44 bits per heavy atom. The van der Waals surface area contributed by atoms with E-state index < -0.39 is 0 Å². The second-order valence-electron chi connectivity index (χ2n) is 4.16. The number of nitrogens with zero attached hydrogens (tertiary/aromatic N) is 2. The molecular formula is C12H17FN2O. The maximum atomic E-state index is 14.0. The quantitative estimate of drug-likeness (QED) is 0.854. The van der Waals surface area contributed by atoms with E-state index in [0.29, 0.717) is 17.4 Å². The summed E-state index contributed by atoms with van der Waals surface area (Å²) < 4.78 is 14.0. The van der Waals surface area contributed by atoms with Crippen LogP contribution in [0.15, 0.2) is 12.3 Å². The first kappa shape index (κ1) is 11.3. The summed E-state index contributed by atoms with van der Waals surface area (Å²) in [5.41, 5.74) is 0.326. The summed E-state index contributed by atoms with van der Waals surface area (Å²) in [4.78, 5) is 6.13. The summed E-state index contributed by atoms with van der Waals surface area (Å²) in [5, 5.41) is 9.02. The molecule has 1 aromatic rings. The fourth-order valence-electron chi connectivity index (χ4n) is 2.33. The van der Waals surface area contributed by atoms with Crippen molar-refractivity contribution in [2.24, 2.45) is 0 Å². The first-order valence-corrected chi connectivity index (χ1v) is 5.78. The molecule has 3 nitrogen and oxygen atoms in total. The van der Waals surface area contributed by atoms with Crippen LogP contribution in [0.25, 0.3) is 0 Å². The van der Waals surface area contributed by atoms with Gasteiger partial charge in [-0.1, -0.05) is 6.92 Å². The van der Waals surface area contributed by atoms with Crippen molar-refractivity contribution in [2.75, 3.05) is 11.4 Å². The van der Waals surface area contributed by atoms with Crippen molar-refractivity contribution in [3.8, 4) is 0 Å². The molecule has 1 aliphatic rings. The molecule has 0 aliphatic carbocycles. The standard InChI is InChI=1S/C12H17FN2O/c1-2-10-4-3-7-15(10)12-11(13)9(8-16)5-6-14-12/h5-6,10,16H,2-4,7-8H2,1H3. The average molecular weight is 224 g/mol. The van der Waals surface area contributed by atoms with Crippen molar-refractivity contribution in [1.29, 1.82) is 0 Å². The van der Waals surface area contributed by atoms with E-state index in [1.807, 2.05) is 4.90 Å². The predicted molar refractivity (Wildman–Crippen MR) is 60.8 cm³/mol. The molecule has 0 bridgehead atoms. The van der Waals surface area contributed by atoms with E-state index in [9.17, 15) is 4.39 Å². The van der Waals surface area contributed by atoms with Gasteiger partial charge in [0.25, 0.3) is 0 Å². The van der Waals surface area contributed by atoms with E-state index in [-0.39, 0.29) is 12.4 Å². The van der Waals surface area contributed by atoms with Gasteiger partial charge in [-0.3, -0.25) is 0 Å². The number of anilines is 1. The molecule has 16 heavy (non-hydrogen) atoms. The molecule has 1 aromatic heterocycles. The SMILES string of the molecule is CCC1CCCN1c1nccc(CO)c1F. The van der Waals surface area contributed by atoms with Crippen molar-refractivity contribution in [2.45, 2.75) is 38.8 Å². The van der Waals surface area contributed by atoms with Crippen LogP contribution in [0.4, 0.5) is 10.2 Å². The number of pyridine rings is 1.